The summed E-state index contributed by atoms with van der Waals surface area (Å²) in [4.78, 5) is 34.4. The van der Waals surface area contributed by atoms with E-state index in [-0.39, 0.29) is 18.4 Å². The van der Waals surface area contributed by atoms with Gasteiger partial charge in [0.1, 0.15) is 0 Å². The Morgan fingerprint density at radius 3 is 2.60 bits per heavy atom. The van der Waals surface area contributed by atoms with Crippen molar-refractivity contribution in [1.29, 1.82) is 0 Å². The van der Waals surface area contributed by atoms with Crippen molar-refractivity contribution in [2.24, 2.45) is 0 Å². The van der Waals surface area contributed by atoms with E-state index in [9.17, 15) is 4.79 Å². The second-order valence-electron chi connectivity index (χ2n) is 7.51. The van der Waals surface area contributed by atoms with Gasteiger partial charge in [-0.2, -0.15) is 0 Å². The number of Topliss-reactive ketones (excluding diaryl/α,β-unsaturated/α-hetero) is 1. The van der Waals surface area contributed by atoms with Crippen molar-refractivity contribution >= 4 is 22.8 Å². The van der Waals surface area contributed by atoms with Crippen molar-refractivity contribution in [3.63, 3.8) is 0 Å². The molecule has 1 fully saturated rings. The van der Waals surface area contributed by atoms with E-state index in [0.717, 1.165) is 42.9 Å². The molecule has 1 atom stereocenters. The van der Waals surface area contributed by atoms with Crippen LogP contribution >= 0.6 is 0 Å². The lowest BCUT2D eigenvalue weighted by molar-refractivity contribution is 0.0970. The molecule has 1 unspecified atom stereocenters. The fourth-order valence-electron chi connectivity index (χ4n) is 3.71. The molecule has 0 aliphatic carbocycles. The molecule has 156 valence electrons. The maximum absolute atomic E-state index is 12.0. The van der Waals surface area contributed by atoms with Crippen LogP contribution in [0.5, 0.6) is 0 Å². The molecule has 1 N–H and O–H groups in total. The van der Waals surface area contributed by atoms with Crippen LogP contribution < -0.4 is 4.90 Å². The van der Waals surface area contributed by atoms with E-state index < -0.39 is 0 Å². The Labute approximate surface area is 175 Å². The standard InChI is InChI=1S/C22H26N6O2/c1-16(19-7-6-17-4-2-8-23-21(17)26-19)27-9-11-28(12-10-27)22-24-14-18(15-25-22)20(30)5-3-13-29/h2,4,6-8,14-16,29H,3,5,9-13H2,1H3. The zero-order valence-electron chi connectivity index (χ0n) is 17.1. The van der Waals surface area contributed by atoms with Gasteiger partial charge in [-0.25, -0.2) is 19.9 Å². The molecular formula is C22H26N6O2. The Kier molecular flexibility index (Phi) is 6.25. The molecule has 1 aliphatic rings. The quantitative estimate of drug-likeness (QED) is 0.597. The highest BCUT2D eigenvalue weighted by atomic mass is 16.3. The Morgan fingerprint density at radius 2 is 1.87 bits per heavy atom. The number of piperazine rings is 1. The van der Waals surface area contributed by atoms with E-state index in [1.54, 1.807) is 18.6 Å². The maximum atomic E-state index is 12.0. The number of fused-ring (bicyclic) bond motifs is 1. The van der Waals surface area contributed by atoms with Crippen LogP contribution in [-0.4, -0.2) is 68.5 Å². The van der Waals surface area contributed by atoms with E-state index in [0.29, 0.717) is 24.4 Å². The number of nitrogens with zero attached hydrogens (tertiary/aromatic N) is 6. The third-order valence-electron chi connectivity index (χ3n) is 5.58. The molecule has 0 bridgehead atoms. The number of anilines is 1. The van der Waals surface area contributed by atoms with Crippen molar-refractivity contribution in [2.45, 2.75) is 25.8 Å². The molecule has 30 heavy (non-hydrogen) atoms. The van der Waals surface area contributed by atoms with Crippen molar-refractivity contribution in [1.82, 2.24) is 24.8 Å². The summed E-state index contributed by atoms with van der Waals surface area (Å²) >= 11 is 0. The summed E-state index contributed by atoms with van der Waals surface area (Å²) in [6.07, 6.45) is 5.72. The number of aliphatic hydroxyl groups is 1. The Balaban J connectivity index is 1.36. The van der Waals surface area contributed by atoms with Crippen LogP contribution in [0.3, 0.4) is 0 Å². The summed E-state index contributed by atoms with van der Waals surface area (Å²) in [5.74, 6) is 0.612. The average Bonchev–Trinajstić information content (AvgIpc) is 2.82. The van der Waals surface area contributed by atoms with E-state index in [4.69, 9.17) is 10.1 Å². The van der Waals surface area contributed by atoms with Gasteiger partial charge in [0.25, 0.3) is 0 Å². The molecule has 4 rings (SSSR count). The van der Waals surface area contributed by atoms with Crippen LogP contribution in [0.25, 0.3) is 11.0 Å². The molecule has 0 spiro atoms. The fourth-order valence-corrected chi connectivity index (χ4v) is 3.71. The lowest BCUT2D eigenvalue weighted by Crippen LogP contribution is -2.47. The monoisotopic (exact) mass is 406 g/mol. The molecule has 0 saturated carbocycles. The number of pyridine rings is 2. The van der Waals surface area contributed by atoms with Crippen LogP contribution in [-0.2, 0) is 0 Å². The third kappa shape index (κ3) is 4.44. The van der Waals surface area contributed by atoms with Gasteiger partial charge in [0.2, 0.25) is 5.95 Å². The molecule has 1 saturated heterocycles. The number of hydrogen-bond acceptors (Lipinski definition) is 8. The van der Waals surface area contributed by atoms with E-state index in [2.05, 4.69) is 43.8 Å². The second-order valence-corrected chi connectivity index (χ2v) is 7.51. The molecule has 3 aromatic rings. The van der Waals surface area contributed by atoms with E-state index >= 15 is 0 Å². The van der Waals surface area contributed by atoms with Gasteiger partial charge >= 0.3 is 0 Å². The summed E-state index contributed by atoms with van der Waals surface area (Å²) in [7, 11) is 0. The normalized spacial score (nSPS) is 16.0. The Morgan fingerprint density at radius 1 is 1.10 bits per heavy atom. The van der Waals surface area contributed by atoms with Crippen LogP contribution in [0.4, 0.5) is 5.95 Å². The first-order valence-corrected chi connectivity index (χ1v) is 10.3. The largest absolute Gasteiger partial charge is 0.396 e. The summed E-state index contributed by atoms with van der Waals surface area (Å²) in [6, 6.07) is 8.30. The SMILES string of the molecule is CC(c1ccc2cccnc2n1)N1CCN(c2ncc(C(=O)CCCO)cn2)CC1. The molecule has 3 aromatic heterocycles. The lowest BCUT2D eigenvalue weighted by atomic mass is 10.1. The van der Waals surface area contributed by atoms with Crippen molar-refractivity contribution < 1.29 is 9.90 Å². The maximum Gasteiger partial charge on any atom is 0.225 e. The number of ketones is 1. The highest BCUT2D eigenvalue weighted by Crippen LogP contribution is 2.23. The van der Waals surface area contributed by atoms with Gasteiger partial charge in [-0.15, -0.1) is 0 Å². The van der Waals surface area contributed by atoms with Gasteiger partial charge in [0.15, 0.2) is 11.4 Å². The Hall–Kier alpha value is -2.97. The fraction of sp³-hybridized carbons (Fsp3) is 0.409. The van der Waals surface area contributed by atoms with Crippen LogP contribution in [0.2, 0.25) is 0 Å². The molecule has 8 heteroatoms. The molecule has 0 amide bonds. The third-order valence-corrected chi connectivity index (χ3v) is 5.58. The highest BCUT2D eigenvalue weighted by molar-refractivity contribution is 5.95. The van der Waals surface area contributed by atoms with Gasteiger partial charge in [-0.3, -0.25) is 9.69 Å². The number of aliphatic hydroxyl groups excluding tert-OH is 1. The first kappa shape index (κ1) is 20.3. The topological polar surface area (TPSA) is 95.3 Å². The first-order valence-electron chi connectivity index (χ1n) is 10.3. The smallest absolute Gasteiger partial charge is 0.225 e. The highest BCUT2D eigenvalue weighted by Gasteiger charge is 2.24. The summed E-state index contributed by atoms with van der Waals surface area (Å²) < 4.78 is 0. The molecule has 0 radical (unpaired) electrons. The van der Waals surface area contributed by atoms with Crippen molar-refractivity contribution in [3.05, 3.63) is 54.1 Å². The molecule has 8 nitrogen and oxygen atoms in total. The average molecular weight is 406 g/mol. The minimum absolute atomic E-state index is 0.0125. The van der Waals surface area contributed by atoms with E-state index in [1.165, 1.54) is 0 Å². The van der Waals surface area contributed by atoms with Crippen LogP contribution in [0.1, 0.15) is 41.9 Å². The molecular weight excluding hydrogens is 380 g/mol. The van der Waals surface area contributed by atoms with Crippen LogP contribution in [0.15, 0.2) is 42.9 Å². The first-order chi connectivity index (χ1) is 14.7. The number of carbonyl (C=O) groups excluding carboxylic acids is 1. The predicted molar refractivity (Wildman–Crippen MR) is 114 cm³/mol. The predicted octanol–water partition coefficient (Wildman–Crippen LogP) is 2.26. The minimum Gasteiger partial charge on any atom is -0.396 e. The van der Waals surface area contributed by atoms with Gasteiger partial charge in [-0.1, -0.05) is 0 Å². The summed E-state index contributed by atoms with van der Waals surface area (Å²) in [5, 5.41) is 9.90. The second kappa shape index (κ2) is 9.23. The molecule has 1 aliphatic heterocycles. The number of rotatable bonds is 7. The van der Waals surface area contributed by atoms with Gasteiger partial charge < -0.3 is 10.0 Å². The van der Waals surface area contributed by atoms with Crippen molar-refractivity contribution in [3.8, 4) is 0 Å². The summed E-state index contributed by atoms with van der Waals surface area (Å²) in [5.41, 5.74) is 2.30. The number of carbonyl (C=O) groups is 1. The molecule has 0 aromatic carbocycles. The van der Waals surface area contributed by atoms with Gasteiger partial charge in [0, 0.05) is 69.2 Å². The summed E-state index contributed by atoms with van der Waals surface area (Å²) in [6.45, 7) is 5.57. The van der Waals surface area contributed by atoms with Gasteiger partial charge in [0.05, 0.1) is 11.3 Å². The van der Waals surface area contributed by atoms with Crippen LogP contribution in [0, 0.1) is 0 Å². The number of hydrogen-bond donors (Lipinski definition) is 1. The Bertz CT molecular complexity index is 1000. The lowest BCUT2D eigenvalue weighted by Gasteiger charge is -2.37. The van der Waals surface area contributed by atoms with Gasteiger partial charge in [-0.05, 0) is 37.6 Å². The molecule has 4 heterocycles. The van der Waals surface area contributed by atoms with E-state index in [1.807, 2.05) is 12.1 Å². The van der Waals surface area contributed by atoms with Crippen molar-refractivity contribution in [2.75, 3.05) is 37.7 Å². The number of aromatic nitrogens is 4. The zero-order chi connectivity index (χ0) is 20.9. The minimum atomic E-state index is -0.0355. The zero-order valence-corrected chi connectivity index (χ0v) is 17.1.